The third-order valence-corrected chi connectivity index (χ3v) is 2.93. The van der Waals surface area contributed by atoms with Gasteiger partial charge in [-0.05, 0) is 13.0 Å². The zero-order chi connectivity index (χ0) is 13.8. The van der Waals surface area contributed by atoms with E-state index in [1.807, 2.05) is 19.1 Å². The molecule has 1 rings (SSSR count). The van der Waals surface area contributed by atoms with E-state index in [0.717, 1.165) is 16.9 Å². The van der Waals surface area contributed by atoms with Crippen LogP contribution in [0.3, 0.4) is 0 Å². The van der Waals surface area contributed by atoms with E-state index in [2.05, 4.69) is 25.2 Å². The molecule has 1 aromatic carbocycles. The first kappa shape index (κ1) is 14.5. The van der Waals surface area contributed by atoms with Crippen LogP contribution in [0.5, 0.6) is 5.75 Å². The fourth-order valence-electron chi connectivity index (χ4n) is 1.93. The highest BCUT2D eigenvalue weighted by Gasteiger charge is 2.24. The van der Waals surface area contributed by atoms with Crippen LogP contribution >= 0.6 is 0 Å². The Morgan fingerprint density at radius 3 is 2.67 bits per heavy atom. The zero-order valence-electron chi connectivity index (χ0n) is 11.4. The molecule has 0 bridgehead atoms. The van der Waals surface area contributed by atoms with Crippen LogP contribution < -0.4 is 10.1 Å². The van der Waals surface area contributed by atoms with Gasteiger partial charge in [-0.25, -0.2) is 0 Å². The van der Waals surface area contributed by atoms with Crippen molar-refractivity contribution in [2.45, 2.75) is 26.2 Å². The van der Waals surface area contributed by atoms with Gasteiger partial charge in [-0.15, -0.1) is 0 Å². The van der Waals surface area contributed by atoms with E-state index in [0.29, 0.717) is 6.54 Å². The minimum Gasteiger partial charge on any atom is -0.496 e. The first-order valence-corrected chi connectivity index (χ1v) is 5.94. The quantitative estimate of drug-likeness (QED) is 0.811. The Hall–Kier alpha value is -1.55. The molecule has 1 aromatic rings. The third kappa shape index (κ3) is 3.74. The van der Waals surface area contributed by atoms with Crippen LogP contribution in [0.1, 0.15) is 25.0 Å². The number of carboxylic acid groups (broad SMARTS) is 1. The van der Waals surface area contributed by atoms with Crippen molar-refractivity contribution in [2.24, 2.45) is 0 Å². The number of aryl methyl sites for hydroxylation is 1. The first-order valence-electron chi connectivity index (χ1n) is 5.94. The molecule has 100 valence electrons. The van der Waals surface area contributed by atoms with Gasteiger partial charge in [0.2, 0.25) is 0 Å². The number of nitrogens with one attached hydrogen (secondary N) is 1. The Morgan fingerprint density at radius 2 is 2.11 bits per heavy atom. The molecule has 0 spiro atoms. The van der Waals surface area contributed by atoms with E-state index in [-0.39, 0.29) is 12.0 Å². The van der Waals surface area contributed by atoms with Crippen LogP contribution in [0.2, 0.25) is 0 Å². The van der Waals surface area contributed by atoms with Crippen molar-refractivity contribution in [3.63, 3.8) is 0 Å². The summed E-state index contributed by atoms with van der Waals surface area (Å²) in [6, 6.07) is 6.04. The van der Waals surface area contributed by atoms with Gasteiger partial charge < -0.3 is 15.2 Å². The Bertz CT molecular complexity index is 427. The van der Waals surface area contributed by atoms with Gasteiger partial charge in [-0.1, -0.05) is 31.5 Å². The number of aliphatic carboxylic acids is 1. The third-order valence-electron chi connectivity index (χ3n) is 2.93. The summed E-state index contributed by atoms with van der Waals surface area (Å²) >= 11 is 0. The Labute approximate surface area is 108 Å². The Balaban J connectivity index is 2.88. The van der Waals surface area contributed by atoms with E-state index in [9.17, 15) is 4.79 Å². The SMILES string of the molecule is COc1ccc(C)cc1C(C)(C)CNCC(=O)O. The average molecular weight is 251 g/mol. The molecule has 2 N–H and O–H groups in total. The summed E-state index contributed by atoms with van der Waals surface area (Å²) in [6.07, 6.45) is 0. The molecule has 0 heterocycles. The molecule has 0 radical (unpaired) electrons. The summed E-state index contributed by atoms with van der Waals surface area (Å²) in [7, 11) is 1.65. The summed E-state index contributed by atoms with van der Waals surface area (Å²) in [5.74, 6) is -0.00951. The van der Waals surface area contributed by atoms with Crippen molar-refractivity contribution in [2.75, 3.05) is 20.2 Å². The number of hydrogen-bond donors (Lipinski definition) is 2. The molecule has 4 heteroatoms. The van der Waals surface area contributed by atoms with Crippen LogP contribution in [0.15, 0.2) is 18.2 Å². The van der Waals surface area contributed by atoms with E-state index in [4.69, 9.17) is 9.84 Å². The van der Waals surface area contributed by atoms with Crippen molar-refractivity contribution >= 4 is 5.97 Å². The van der Waals surface area contributed by atoms with Gasteiger partial charge in [0.15, 0.2) is 0 Å². The molecule has 0 saturated heterocycles. The van der Waals surface area contributed by atoms with Crippen LogP contribution in [-0.2, 0) is 10.2 Å². The van der Waals surface area contributed by atoms with Crippen molar-refractivity contribution in [3.05, 3.63) is 29.3 Å². The van der Waals surface area contributed by atoms with E-state index < -0.39 is 5.97 Å². The van der Waals surface area contributed by atoms with Crippen molar-refractivity contribution in [1.82, 2.24) is 5.32 Å². The van der Waals surface area contributed by atoms with Gasteiger partial charge in [-0.3, -0.25) is 4.79 Å². The highest BCUT2D eigenvalue weighted by Crippen LogP contribution is 2.31. The summed E-state index contributed by atoms with van der Waals surface area (Å²) in [5, 5.41) is 11.6. The number of hydrogen-bond acceptors (Lipinski definition) is 3. The number of carbonyl (C=O) groups is 1. The summed E-state index contributed by atoms with van der Waals surface area (Å²) in [6.45, 7) is 6.72. The monoisotopic (exact) mass is 251 g/mol. The maximum Gasteiger partial charge on any atom is 0.317 e. The van der Waals surface area contributed by atoms with Crippen LogP contribution in [0, 0.1) is 6.92 Å². The molecule has 0 amide bonds. The van der Waals surface area contributed by atoms with E-state index in [1.165, 1.54) is 0 Å². The lowest BCUT2D eigenvalue weighted by atomic mass is 9.83. The molecular formula is C14H21NO3. The predicted octanol–water partition coefficient (Wildman–Crippen LogP) is 1.96. The zero-order valence-corrected chi connectivity index (χ0v) is 11.4. The van der Waals surface area contributed by atoms with Crippen LogP contribution in [0.25, 0.3) is 0 Å². The molecular weight excluding hydrogens is 230 g/mol. The Kier molecular flexibility index (Phi) is 4.73. The topological polar surface area (TPSA) is 58.6 Å². The van der Waals surface area contributed by atoms with E-state index >= 15 is 0 Å². The lowest BCUT2D eigenvalue weighted by Gasteiger charge is -2.27. The average Bonchev–Trinajstić information content (AvgIpc) is 2.28. The first-order chi connectivity index (χ1) is 8.36. The van der Waals surface area contributed by atoms with Gasteiger partial charge in [-0.2, -0.15) is 0 Å². The molecule has 0 aliphatic carbocycles. The number of ether oxygens (including phenoxy) is 1. The molecule has 0 aliphatic rings. The molecule has 0 saturated carbocycles. The molecule has 0 unspecified atom stereocenters. The molecule has 0 aromatic heterocycles. The maximum atomic E-state index is 10.5. The standard InChI is InChI=1S/C14H21NO3/c1-10-5-6-12(18-4)11(7-10)14(2,3)9-15-8-13(16)17/h5-7,15H,8-9H2,1-4H3,(H,16,17). The smallest absolute Gasteiger partial charge is 0.317 e. The largest absolute Gasteiger partial charge is 0.496 e. The second kappa shape index (κ2) is 5.87. The van der Waals surface area contributed by atoms with Gasteiger partial charge in [0.25, 0.3) is 0 Å². The number of carboxylic acids is 1. The Morgan fingerprint density at radius 1 is 1.44 bits per heavy atom. The fraction of sp³-hybridized carbons (Fsp3) is 0.500. The van der Waals surface area contributed by atoms with Crippen LogP contribution in [-0.4, -0.2) is 31.3 Å². The highest BCUT2D eigenvalue weighted by molar-refractivity contribution is 5.69. The molecule has 0 fully saturated rings. The summed E-state index contributed by atoms with van der Waals surface area (Å²) < 4.78 is 5.37. The number of benzene rings is 1. The fourth-order valence-corrected chi connectivity index (χ4v) is 1.93. The van der Waals surface area contributed by atoms with Crippen molar-refractivity contribution in [3.8, 4) is 5.75 Å². The summed E-state index contributed by atoms with van der Waals surface area (Å²) in [5.41, 5.74) is 2.06. The number of methoxy groups -OCH3 is 1. The molecule has 0 aliphatic heterocycles. The van der Waals surface area contributed by atoms with Gasteiger partial charge >= 0.3 is 5.97 Å². The van der Waals surface area contributed by atoms with Gasteiger partial charge in [0.1, 0.15) is 5.75 Å². The van der Waals surface area contributed by atoms with Gasteiger partial charge in [0, 0.05) is 17.5 Å². The minimum absolute atomic E-state index is 0.0302. The molecule has 4 nitrogen and oxygen atoms in total. The second-order valence-electron chi connectivity index (χ2n) is 5.08. The highest BCUT2D eigenvalue weighted by atomic mass is 16.5. The predicted molar refractivity (Wildman–Crippen MR) is 71.3 cm³/mol. The molecule has 0 atom stereocenters. The van der Waals surface area contributed by atoms with Crippen molar-refractivity contribution < 1.29 is 14.6 Å². The lowest BCUT2D eigenvalue weighted by molar-refractivity contribution is -0.136. The lowest BCUT2D eigenvalue weighted by Crippen LogP contribution is -2.36. The van der Waals surface area contributed by atoms with Crippen molar-refractivity contribution in [1.29, 1.82) is 0 Å². The molecule has 18 heavy (non-hydrogen) atoms. The number of rotatable bonds is 6. The normalized spacial score (nSPS) is 11.3. The second-order valence-corrected chi connectivity index (χ2v) is 5.08. The summed E-state index contributed by atoms with van der Waals surface area (Å²) in [4.78, 5) is 10.5. The van der Waals surface area contributed by atoms with Gasteiger partial charge in [0.05, 0.1) is 13.7 Å². The minimum atomic E-state index is -0.845. The van der Waals surface area contributed by atoms with Crippen LogP contribution in [0.4, 0.5) is 0 Å². The van der Waals surface area contributed by atoms with E-state index in [1.54, 1.807) is 7.11 Å². The maximum absolute atomic E-state index is 10.5.